The first-order chi connectivity index (χ1) is 8.24. The summed E-state index contributed by atoms with van der Waals surface area (Å²) in [4.78, 5) is 1.18. The molecule has 0 aliphatic heterocycles. The van der Waals surface area contributed by atoms with Crippen molar-refractivity contribution in [3.8, 4) is 0 Å². The van der Waals surface area contributed by atoms with Gasteiger partial charge in [0.15, 0.2) is 0 Å². The van der Waals surface area contributed by atoms with Crippen molar-refractivity contribution in [2.45, 2.75) is 6.04 Å². The largest absolute Gasteiger partial charge is 0.320 e. The molecule has 86 valence electrons. The smallest absolute Gasteiger partial charge is 0.0677 e. The van der Waals surface area contributed by atoms with Crippen LogP contribution in [0.25, 0.3) is 10.1 Å². The van der Waals surface area contributed by atoms with Crippen molar-refractivity contribution in [1.82, 2.24) is 9.78 Å². The lowest BCUT2D eigenvalue weighted by molar-refractivity contribution is 0.765. The number of thiophene rings is 1. The molecule has 0 fully saturated rings. The van der Waals surface area contributed by atoms with Gasteiger partial charge in [0.25, 0.3) is 0 Å². The van der Waals surface area contributed by atoms with E-state index in [9.17, 15) is 0 Å². The first-order valence-corrected chi connectivity index (χ1v) is 6.28. The van der Waals surface area contributed by atoms with E-state index in [0.717, 1.165) is 5.56 Å². The highest BCUT2D eigenvalue weighted by molar-refractivity contribution is 7.19. The Morgan fingerprint density at radius 2 is 2.18 bits per heavy atom. The molecule has 0 amide bonds. The second kappa shape index (κ2) is 3.98. The van der Waals surface area contributed by atoms with Crippen LogP contribution in [-0.2, 0) is 7.05 Å². The number of hydrogen-bond donors (Lipinski definition) is 1. The van der Waals surface area contributed by atoms with E-state index in [4.69, 9.17) is 5.73 Å². The van der Waals surface area contributed by atoms with Crippen LogP contribution < -0.4 is 5.73 Å². The van der Waals surface area contributed by atoms with Crippen LogP contribution in [-0.4, -0.2) is 9.78 Å². The minimum atomic E-state index is -0.0823. The molecule has 1 unspecified atom stereocenters. The van der Waals surface area contributed by atoms with Gasteiger partial charge >= 0.3 is 0 Å². The highest BCUT2D eigenvalue weighted by Gasteiger charge is 2.13. The van der Waals surface area contributed by atoms with Gasteiger partial charge in [0.2, 0.25) is 0 Å². The van der Waals surface area contributed by atoms with Crippen LogP contribution in [0.3, 0.4) is 0 Å². The van der Waals surface area contributed by atoms with E-state index < -0.39 is 0 Å². The number of nitrogens with zero attached hydrogens (tertiary/aromatic N) is 2. The van der Waals surface area contributed by atoms with E-state index in [-0.39, 0.29) is 6.04 Å². The molecule has 3 rings (SSSR count). The molecular formula is C13H13N3S. The molecule has 3 aromatic rings. The predicted octanol–water partition coefficient (Wildman–Crippen LogP) is 2.68. The van der Waals surface area contributed by atoms with Crippen molar-refractivity contribution in [1.29, 1.82) is 0 Å². The number of aryl methyl sites for hydroxylation is 1. The fraction of sp³-hybridized carbons (Fsp3) is 0.154. The molecule has 0 spiro atoms. The zero-order chi connectivity index (χ0) is 11.8. The SMILES string of the molecule is Cn1cc(C(N)c2cc3ccccc3s2)cn1. The number of aromatic nitrogens is 2. The molecule has 0 aliphatic rings. The van der Waals surface area contributed by atoms with Gasteiger partial charge in [-0.15, -0.1) is 11.3 Å². The van der Waals surface area contributed by atoms with Gasteiger partial charge in [-0.05, 0) is 17.5 Å². The van der Waals surface area contributed by atoms with Gasteiger partial charge in [-0.3, -0.25) is 4.68 Å². The van der Waals surface area contributed by atoms with Gasteiger partial charge in [0.05, 0.1) is 12.2 Å². The fourth-order valence-electron chi connectivity index (χ4n) is 1.92. The standard InChI is InChI=1S/C13H13N3S/c1-16-8-10(7-15-16)13(14)12-6-9-4-2-3-5-11(9)17-12/h2-8,13H,14H2,1H3. The average Bonchev–Trinajstić information content (AvgIpc) is 2.93. The van der Waals surface area contributed by atoms with Crippen LogP contribution in [0.4, 0.5) is 0 Å². The number of fused-ring (bicyclic) bond motifs is 1. The summed E-state index contributed by atoms with van der Waals surface area (Å²) in [7, 11) is 1.90. The number of nitrogens with two attached hydrogens (primary N) is 1. The highest BCUT2D eigenvalue weighted by atomic mass is 32.1. The van der Waals surface area contributed by atoms with Crippen molar-refractivity contribution >= 4 is 21.4 Å². The Bertz CT molecular complexity index is 620. The molecular weight excluding hydrogens is 230 g/mol. The van der Waals surface area contributed by atoms with Crippen LogP contribution in [0.15, 0.2) is 42.7 Å². The number of benzene rings is 1. The van der Waals surface area contributed by atoms with Gasteiger partial charge in [0.1, 0.15) is 0 Å². The summed E-state index contributed by atoms with van der Waals surface area (Å²) in [6.45, 7) is 0. The fourth-order valence-corrected chi connectivity index (χ4v) is 3.01. The Hall–Kier alpha value is -1.65. The van der Waals surface area contributed by atoms with Crippen molar-refractivity contribution in [2.75, 3.05) is 0 Å². The third kappa shape index (κ3) is 1.85. The lowest BCUT2D eigenvalue weighted by Crippen LogP contribution is -2.09. The first-order valence-electron chi connectivity index (χ1n) is 5.46. The summed E-state index contributed by atoms with van der Waals surface area (Å²) in [6.07, 6.45) is 3.80. The zero-order valence-electron chi connectivity index (χ0n) is 9.50. The minimum Gasteiger partial charge on any atom is -0.320 e. The van der Waals surface area contributed by atoms with Crippen LogP contribution in [0.1, 0.15) is 16.5 Å². The summed E-state index contributed by atoms with van der Waals surface area (Å²) in [5.74, 6) is 0. The van der Waals surface area contributed by atoms with E-state index in [1.165, 1.54) is 15.0 Å². The zero-order valence-corrected chi connectivity index (χ0v) is 10.3. The summed E-state index contributed by atoms with van der Waals surface area (Å²) in [5.41, 5.74) is 7.31. The molecule has 0 saturated carbocycles. The van der Waals surface area contributed by atoms with Gasteiger partial charge in [-0.25, -0.2) is 0 Å². The first kappa shape index (κ1) is 10.5. The Morgan fingerprint density at radius 1 is 1.35 bits per heavy atom. The molecule has 1 aromatic carbocycles. The molecule has 2 heterocycles. The maximum absolute atomic E-state index is 6.25. The quantitative estimate of drug-likeness (QED) is 0.752. The third-order valence-corrected chi connectivity index (χ3v) is 4.03. The second-order valence-electron chi connectivity index (χ2n) is 4.11. The summed E-state index contributed by atoms with van der Waals surface area (Å²) in [5, 5.41) is 5.41. The van der Waals surface area contributed by atoms with Crippen molar-refractivity contribution < 1.29 is 0 Å². The molecule has 0 radical (unpaired) electrons. The monoisotopic (exact) mass is 243 g/mol. The van der Waals surface area contributed by atoms with Crippen molar-refractivity contribution in [3.05, 3.63) is 53.2 Å². The molecule has 3 nitrogen and oxygen atoms in total. The van der Waals surface area contributed by atoms with E-state index in [2.05, 4.69) is 35.4 Å². The van der Waals surface area contributed by atoms with Gasteiger partial charge < -0.3 is 5.73 Å². The normalized spacial score (nSPS) is 13.1. The van der Waals surface area contributed by atoms with E-state index >= 15 is 0 Å². The molecule has 4 heteroatoms. The third-order valence-electron chi connectivity index (χ3n) is 2.84. The van der Waals surface area contributed by atoms with Gasteiger partial charge in [-0.2, -0.15) is 5.10 Å². The number of rotatable bonds is 2. The predicted molar refractivity (Wildman–Crippen MR) is 71.1 cm³/mol. The minimum absolute atomic E-state index is 0.0823. The molecule has 2 aromatic heterocycles. The Morgan fingerprint density at radius 3 is 2.88 bits per heavy atom. The van der Waals surface area contributed by atoms with Crippen LogP contribution >= 0.6 is 11.3 Å². The molecule has 0 aliphatic carbocycles. The second-order valence-corrected chi connectivity index (χ2v) is 5.23. The van der Waals surface area contributed by atoms with Crippen molar-refractivity contribution in [2.24, 2.45) is 12.8 Å². The Balaban J connectivity index is 2.03. The van der Waals surface area contributed by atoms with Crippen LogP contribution in [0.2, 0.25) is 0 Å². The van der Waals surface area contributed by atoms with Gasteiger partial charge in [-0.1, -0.05) is 18.2 Å². The molecule has 17 heavy (non-hydrogen) atoms. The van der Waals surface area contributed by atoms with E-state index in [1.807, 2.05) is 19.4 Å². The topological polar surface area (TPSA) is 43.8 Å². The molecule has 0 saturated heterocycles. The Labute approximate surface area is 103 Å². The highest BCUT2D eigenvalue weighted by Crippen LogP contribution is 2.31. The van der Waals surface area contributed by atoms with Crippen molar-refractivity contribution in [3.63, 3.8) is 0 Å². The lowest BCUT2D eigenvalue weighted by atomic mass is 10.1. The lowest BCUT2D eigenvalue weighted by Gasteiger charge is -2.05. The summed E-state index contributed by atoms with van der Waals surface area (Å²) < 4.78 is 3.06. The summed E-state index contributed by atoms with van der Waals surface area (Å²) >= 11 is 1.75. The Kier molecular flexibility index (Phi) is 2.46. The van der Waals surface area contributed by atoms with Crippen LogP contribution in [0.5, 0.6) is 0 Å². The molecule has 1 atom stereocenters. The summed E-state index contributed by atoms with van der Waals surface area (Å²) in [6, 6.07) is 10.4. The number of hydrogen-bond acceptors (Lipinski definition) is 3. The maximum atomic E-state index is 6.25. The molecule has 2 N–H and O–H groups in total. The van der Waals surface area contributed by atoms with Crippen LogP contribution in [0, 0.1) is 0 Å². The van der Waals surface area contributed by atoms with E-state index in [0.29, 0.717) is 0 Å². The van der Waals surface area contributed by atoms with E-state index in [1.54, 1.807) is 16.0 Å². The van der Waals surface area contributed by atoms with Gasteiger partial charge in [0, 0.05) is 28.4 Å². The maximum Gasteiger partial charge on any atom is 0.0677 e. The molecule has 0 bridgehead atoms. The average molecular weight is 243 g/mol.